The Labute approximate surface area is 94.8 Å². The van der Waals surface area contributed by atoms with Gasteiger partial charge in [-0.15, -0.1) is 0 Å². The van der Waals surface area contributed by atoms with Crippen molar-refractivity contribution in [2.45, 2.75) is 31.9 Å². The summed E-state index contributed by atoms with van der Waals surface area (Å²) in [6, 6.07) is 1.90. The highest BCUT2D eigenvalue weighted by Crippen LogP contribution is 2.29. The van der Waals surface area contributed by atoms with Gasteiger partial charge >= 0.3 is 0 Å². The second-order valence-corrected chi connectivity index (χ2v) is 4.24. The van der Waals surface area contributed by atoms with Gasteiger partial charge in [-0.05, 0) is 37.9 Å². The van der Waals surface area contributed by atoms with Crippen molar-refractivity contribution in [3.63, 3.8) is 0 Å². The number of ether oxygens (including phenoxy) is 1. The van der Waals surface area contributed by atoms with Crippen LogP contribution in [0.25, 0.3) is 0 Å². The number of nitrogens with one attached hydrogen (secondary N) is 1. The Bertz CT molecular complexity index is 339. The molecule has 15 heavy (non-hydrogen) atoms. The van der Waals surface area contributed by atoms with E-state index in [0.717, 1.165) is 24.9 Å². The maximum Gasteiger partial charge on any atom is 0.232 e. The van der Waals surface area contributed by atoms with E-state index in [-0.39, 0.29) is 0 Å². The van der Waals surface area contributed by atoms with Crippen molar-refractivity contribution in [3.8, 4) is 5.88 Å². The van der Waals surface area contributed by atoms with E-state index in [9.17, 15) is 0 Å². The molecule has 1 saturated carbocycles. The molecule has 1 heterocycles. The predicted octanol–water partition coefficient (Wildman–Crippen LogP) is 2.39. The molecule has 1 N–H and O–H groups in total. The van der Waals surface area contributed by atoms with Crippen LogP contribution in [0.5, 0.6) is 5.88 Å². The van der Waals surface area contributed by atoms with Crippen molar-refractivity contribution in [2.24, 2.45) is 0 Å². The molecule has 0 bridgehead atoms. The van der Waals surface area contributed by atoms with Crippen LogP contribution in [0.4, 0.5) is 0 Å². The molecule has 1 aromatic rings. The minimum absolute atomic E-state index is 0.324. The van der Waals surface area contributed by atoms with Gasteiger partial charge in [0.05, 0.1) is 0 Å². The lowest BCUT2D eigenvalue weighted by molar-refractivity contribution is 0.115. The Morgan fingerprint density at radius 2 is 2.40 bits per heavy atom. The fraction of sp³-hybridized carbons (Fsp3) is 0.545. The molecule has 0 amide bonds. The second kappa shape index (κ2) is 4.81. The zero-order chi connectivity index (χ0) is 10.7. The maximum atomic E-state index is 6.07. The van der Waals surface area contributed by atoms with Crippen LogP contribution in [0.3, 0.4) is 0 Å². The van der Waals surface area contributed by atoms with E-state index >= 15 is 0 Å². The molecule has 0 saturated heterocycles. The summed E-state index contributed by atoms with van der Waals surface area (Å²) in [4.78, 5) is 4.22. The lowest BCUT2D eigenvalue weighted by atomic mass is 9.96. The normalized spacial score (nSPS) is 16.1. The minimum atomic E-state index is 0.324. The molecule has 0 spiro atoms. The number of rotatable bonds is 4. The van der Waals surface area contributed by atoms with Crippen LogP contribution in [-0.4, -0.2) is 18.1 Å². The van der Waals surface area contributed by atoms with E-state index in [2.05, 4.69) is 10.3 Å². The molecule has 1 aliphatic carbocycles. The van der Waals surface area contributed by atoms with Gasteiger partial charge in [0.1, 0.15) is 11.1 Å². The lowest BCUT2D eigenvalue weighted by Crippen LogP contribution is -2.25. The summed E-state index contributed by atoms with van der Waals surface area (Å²) in [5, 5.41) is 3.66. The SMILES string of the molecule is CNCc1cnc(OC2CCC2)c(Cl)c1. The third-order valence-corrected chi connectivity index (χ3v) is 2.85. The van der Waals surface area contributed by atoms with Gasteiger partial charge in [0.25, 0.3) is 0 Å². The third kappa shape index (κ3) is 2.61. The first-order chi connectivity index (χ1) is 7.29. The topological polar surface area (TPSA) is 34.2 Å². The molecule has 0 atom stereocenters. The van der Waals surface area contributed by atoms with Crippen molar-refractivity contribution >= 4 is 11.6 Å². The van der Waals surface area contributed by atoms with Crippen LogP contribution >= 0.6 is 11.6 Å². The summed E-state index contributed by atoms with van der Waals surface area (Å²) in [6.45, 7) is 0.774. The highest BCUT2D eigenvalue weighted by molar-refractivity contribution is 6.31. The van der Waals surface area contributed by atoms with Gasteiger partial charge in [-0.2, -0.15) is 0 Å². The molecule has 1 aliphatic rings. The lowest BCUT2D eigenvalue weighted by Gasteiger charge is -2.26. The molecule has 3 nitrogen and oxygen atoms in total. The van der Waals surface area contributed by atoms with Crippen LogP contribution in [0, 0.1) is 0 Å². The first-order valence-electron chi connectivity index (χ1n) is 5.25. The third-order valence-electron chi connectivity index (χ3n) is 2.58. The van der Waals surface area contributed by atoms with Crippen molar-refractivity contribution in [1.82, 2.24) is 10.3 Å². The van der Waals surface area contributed by atoms with Crippen molar-refractivity contribution in [2.75, 3.05) is 7.05 Å². The van der Waals surface area contributed by atoms with Crippen LogP contribution < -0.4 is 10.1 Å². The van der Waals surface area contributed by atoms with Crippen LogP contribution in [0.1, 0.15) is 24.8 Å². The number of pyridine rings is 1. The van der Waals surface area contributed by atoms with E-state index in [1.807, 2.05) is 13.1 Å². The van der Waals surface area contributed by atoms with Gasteiger partial charge in [0.2, 0.25) is 5.88 Å². The van der Waals surface area contributed by atoms with Gasteiger partial charge in [0, 0.05) is 12.7 Å². The standard InChI is InChI=1S/C11H15ClN2O/c1-13-6-8-5-10(12)11(14-7-8)15-9-3-2-4-9/h5,7,9,13H,2-4,6H2,1H3. The van der Waals surface area contributed by atoms with E-state index in [1.165, 1.54) is 6.42 Å². The number of hydrogen-bond donors (Lipinski definition) is 1. The number of aromatic nitrogens is 1. The van der Waals surface area contributed by atoms with Crippen LogP contribution in [-0.2, 0) is 6.54 Å². The predicted molar refractivity (Wildman–Crippen MR) is 60.3 cm³/mol. The smallest absolute Gasteiger partial charge is 0.232 e. The maximum absolute atomic E-state index is 6.07. The Morgan fingerprint density at radius 1 is 1.60 bits per heavy atom. The molecule has 4 heteroatoms. The summed E-state index contributed by atoms with van der Waals surface area (Å²) < 4.78 is 5.65. The minimum Gasteiger partial charge on any atom is -0.473 e. The van der Waals surface area contributed by atoms with E-state index in [4.69, 9.17) is 16.3 Å². The van der Waals surface area contributed by atoms with Crippen molar-refractivity contribution < 1.29 is 4.74 Å². The Kier molecular flexibility index (Phi) is 3.44. The zero-order valence-corrected chi connectivity index (χ0v) is 9.55. The van der Waals surface area contributed by atoms with Gasteiger partial charge in [-0.3, -0.25) is 0 Å². The molecular weight excluding hydrogens is 212 g/mol. The zero-order valence-electron chi connectivity index (χ0n) is 8.79. The Hall–Kier alpha value is -0.800. The van der Waals surface area contributed by atoms with Crippen molar-refractivity contribution in [3.05, 3.63) is 22.8 Å². The fourth-order valence-corrected chi connectivity index (χ4v) is 1.73. The molecule has 1 fully saturated rings. The average molecular weight is 227 g/mol. The average Bonchev–Trinajstić information content (AvgIpc) is 2.14. The highest BCUT2D eigenvalue weighted by Gasteiger charge is 2.20. The van der Waals surface area contributed by atoms with E-state index in [0.29, 0.717) is 17.0 Å². The van der Waals surface area contributed by atoms with E-state index in [1.54, 1.807) is 6.20 Å². The second-order valence-electron chi connectivity index (χ2n) is 3.83. The summed E-state index contributed by atoms with van der Waals surface area (Å²) in [5.74, 6) is 0.571. The monoisotopic (exact) mass is 226 g/mol. The molecule has 2 rings (SSSR count). The quantitative estimate of drug-likeness (QED) is 0.856. The first kappa shape index (κ1) is 10.7. The molecule has 0 aliphatic heterocycles. The molecule has 82 valence electrons. The molecule has 0 aromatic carbocycles. The van der Waals surface area contributed by atoms with Crippen LogP contribution in [0.2, 0.25) is 5.02 Å². The molecular formula is C11H15ClN2O. The first-order valence-corrected chi connectivity index (χ1v) is 5.63. The summed E-state index contributed by atoms with van der Waals surface area (Å²) >= 11 is 6.07. The molecule has 1 aromatic heterocycles. The highest BCUT2D eigenvalue weighted by atomic mass is 35.5. The largest absolute Gasteiger partial charge is 0.473 e. The Balaban J connectivity index is 2.04. The van der Waals surface area contributed by atoms with Gasteiger partial charge in [0.15, 0.2) is 0 Å². The molecule has 0 radical (unpaired) electrons. The van der Waals surface area contributed by atoms with Gasteiger partial charge < -0.3 is 10.1 Å². The van der Waals surface area contributed by atoms with E-state index < -0.39 is 0 Å². The van der Waals surface area contributed by atoms with Gasteiger partial charge in [-0.1, -0.05) is 11.6 Å². The number of nitrogens with zero attached hydrogens (tertiary/aromatic N) is 1. The fourth-order valence-electron chi connectivity index (χ4n) is 1.50. The van der Waals surface area contributed by atoms with Crippen molar-refractivity contribution in [1.29, 1.82) is 0 Å². The molecule has 0 unspecified atom stereocenters. The van der Waals surface area contributed by atoms with Gasteiger partial charge in [-0.25, -0.2) is 4.98 Å². The number of halogens is 1. The van der Waals surface area contributed by atoms with Crippen LogP contribution in [0.15, 0.2) is 12.3 Å². The Morgan fingerprint density at radius 3 is 2.93 bits per heavy atom. The summed E-state index contributed by atoms with van der Waals surface area (Å²) in [6.07, 6.45) is 5.62. The summed E-state index contributed by atoms with van der Waals surface area (Å²) in [5.41, 5.74) is 1.07. The number of hydrogen-bond acceptors (Lipinski definition) is 3. The summed E-state index contributed by atoms with van der Waals surface area (Å²) in [7, 11) is 1.90.